The summed E-state index contributed by atoms with van der Waals surface area (Å²) in [6.07, 6.45) is 0. The molecule has 5 nitrogen and oxygen atoms in total. The highest BCUT2D eigenvalue weighted by Crippen LogP contribution is 2.26. The van der Waals surface area contributed by atoms with Gasteiger partial charge in [0.25, 0.3) is 0 Å². The molecule has 1 N–H and O–H groups in total. The first-order valence-corrected chi connectivity index (χ1v) is 8.16. The number of thiophene rings is 1. The van der Waals surface area contributed by atoms with Gasteiger partial charge in [-0.1, -0.05) is 11.2 Å². The Morgan fingerprint density at radius 3 is 3.25 bits per heavy atom. The lowest BCUT2D eigenvalue weighted by Crippen LogP contribution is -2.28. The molecule has 20 heavy (non-hydrogen) atoms. The minimum Gasteiger partial charge on any atom is -0.383 e. The predicted octanol–water partition coefficient (Wildman–Crippen LogP) is 2.40. The van der Waals surface area contributed by atoms with Crippen LogP contribution >= 0.6 is 23.1 Å². The van der Waals surface area contributed by atoms with E-state index < -0.39 is 0 Å². The van der Waals surface area contributed by atoms with Gasteiger partial charge in [0.05, 0.1) is 22.9 Å². The number of carbonyl (C=O) groups excluding carboxylic acids is 1. The van der Waals surface area contributed by atoms with E-state index in [0.29, 0.717) is 24.7 Å². The molecule has 0 aliphatic heterocycles. The monoisotopic (exact) mass is 312 g/mol. The van der Waals surface area contributed by atoms with E-state index in [-0.39, 0.29) is 5.91 Å². The van der Waals surface area contributed by atoms with Gasteiger partial charge >= 0.3 is 0 Å². The summed E-state index contributed by atoms with van der Waals surface area (Å²) in [7, 11) is 1.61. The lowest BCUT2D eigenvalue weighted by molar-refractivity contribution is -0.118. The Kier molecular flexibility index (Phi) is 6.10. The number of ether oxygens (including phenoxy) is 1. The number of carbonyl (C=O) groups is 1. The van der Waals surface area contributed by atoms with Crippen molar-refractivity contribution in [2.45, 2.75) is 5.75 Å². The minimum absolute atomic E-state index is 0.00836. The van der Waals surface area contributed by atoms with E-state index in [1.54, 1.807) is 18.4 Å². The summed E-state index contributed by atoms with van der Waals surface area (Å²) in [5, 5.41) is 8.77. The fourth-order valence-corrected chi connectivity index (χ4v) is 2.91. The van der Waals surface area contributed by atoms with Crippen LogP contribution in [0.1, 0.15) is 5.69 Å². The number of methoxy groups -OCH3 is 1. The third-order valence-corrected chi connectivity index (χ3v) is 4.29. The molecule has 2 heterocycles. The first-order chi connectivity index (χ1) is 9.79. The van der Waals surface area contributed by atoms with Crippen molar-refractivity contribution in [3.63, 3.8) is 0 Å². The molecular formula is C13H16N2O3S2. The van der Waals surface area contributed by atoms with Gasteiger partial charge in [0, 0.05) is 25.5 Å². The van der Waals surface area contributed by atoms with Crippen molar-refractivity contribution in [3.05, 3.63) is 29.3 Å². The van der Waals surface area contributed by atoms with Crippen LogP contribution in [-0.2, 0) is 15.3 Å². The first-order valence-electron chi connectivity index (χ1n) is 6.12. The second-order valence-electron chi connectivity index (χ2n) is 4.00. The van der Waals surface area contributed by atoms with Crippen LogP contribution in [0.15, 0.2) is 28.1 Å². The first kappa shape index (κ1) is 15.1. The van der Waals surface area contributed by atoms with Gasteiger partial charge in [0.1, 0.15) is 0 Å². The molecule has 0 fully saturated rings. The van der Waals surface area contributed by atoms with Crippen molar-refractivity contribution in [1.29, 1.82) is 0 Å². The van der Waals surface area contributed by atoms with E-state index in [4.69, 9.17) is 9.26 Å². The molecule has 0 saturated carbocycles. The number of rotatable bonds is 8. The molecule has 0 unspecified atom stereocenters. The van der Waals surface area contributed by atoms with Gasteiger partial charge in [-0.05, 0) is 11.4 Å². The maximum Gasteiger partial charge on any atom is 0.230 e. The second-order valence-corrected chi connectivity index (χ2v) is 5.93. The zero-order valence-electron chi connectivity index (χ0n) is 11.1. The lowest BCUT2D eigenvalue weighted by atomic mass is 10.3. The Morgan fingerprint density at radius 1 is 1.60 bits per heavy atom. The zero-order valence-corrected chi connectivity index (χ0v) is 12.8. The number of thioether (sulfide) groups is 1. The Hall–Kier alpha value is -1.31. The Morgan fingerprint density at radius 2 is 2.50 bits per heavy atom. The quantitative estimate of drug-likeness (QED) is 0.758. The van der Waals surface area contributed by atoms with Crippen LogP contribution in [0.2, 0.25) is 0 Å². The number of nitrogens with one attached hydrogen (secondary N) is 1. The normalized spacial score (nSPS) is 10.7. The largest absolute Gasteiger partial charge is 0.383 e. The van der Waals surface area contributed by atoms with Gasteiger partial charge < -0.3 is 14.6 Å². The van der Waals surface area contributed by atoms with Crippen LogP contribution in [0.3, 0.4) is 0 Å². The summed E-state index contributed by atoms with van der Waals surface area (Å²) in [5.41, 5.74) is 0.850. The molecule has 1 amide bonds. The molecular weight excluding hydrogens is 296 g/mol. The van der Waals surface area contributed by atoms with Gasteiger partial charge in [0.15, 0.2) is 5.76 Å². The second kappa shape index (κ2) is 8.08. The topological polar surface area (TPSA) is 64.4 Å². The van der Waals surface area contributed by atoms with E-state index >= 15 is 0 Å². The molecule has 2 aromatic rings. The number of aromatic nitrogens is 1. The Labute approximate surface area is 125 Å². The van der Waals surface area contributed by atoms with Gasteiger partial charge in [-0.25, -0.2) is 0 Å². The molecule has 0 aliphatic carbocycles. The highest BCUT2D eigenvalue weighted by Gasteiger charge is 2.08. The molecule has 108 valence electrons. The average Bonchev–Trinajstić information content (AvgIpc) is 3.09. The van der Waals surface area contributed by atoms with Crippen molar-refractivity contribution >= 4 is 29.0 Å². The highest BCUT2D eigenvalue weighted by atomic mass is 32.2. The summed E-state index contributed by atoms with van der Waals surface area (Å²) in [6, 6.07) is 5.88. The van der Waals surface area contributed by atoms with E-state index in [1.165, 1.54) is 11.8 Å². The van der Waals surface area contributed by atoms with Crippen LogP contribution in [0.25, 0.3) is 10.6 Å². The van der Waals surface area contributed by atoms with Crippen molar-refractivity contribution < 1.29 is 14.1 Å². The fraction of sp³-hybridized carbons (Fsp3) is 0.385. The van der Waals surface area contributed by atoms with Gasteiger partial charge in [-0.3, -0.25) is 4.79 Å². The van der Waals surface area contributed by atoms with Crippen LogP contribution in [0.5, 0.6) is 0 Å². The number of hydrogen-bond donors (Lipinski definition) is 1. The molecule has 0 aromatic carbocycles. The zero-order chi connectivity index (χ0) is 14.2. The third-order valence-electron chi connectivity index (χ3n) is 2.43. The molecule has 2 aromatic heterocycles. The van der Waals surface area contributed by atoms with Crippen LogP contribution < -0.4 is 5.32 Å². The molecule has 0 spiro atoms. The van der Waals surface area contributed by atoms with E-state index in [0.717, 1.165) is 16.3 Å². The molecule has 0 saturated heterocycles. The lowest BCUT2D eigenvalue weighted by Gasteiger charge is -2.03. The Balaban J connectivity index is 1.71. The number of nitrogens with zero attached hydrogens (tertiary/aromatic N) is 1. The van der Waals surface area contributed by atoms with Gasteiger partial charge in [-0.15, -0.1) is 23.1 Å². The summed E-state index contributed by atoms with van der Waals surface area (Å²) in [4.78, 5) is 12.5. The smallest absolute Gasteiger partial charge is 0.230 e. The van der Waals surface area contributed by atoms with Gasteiger partial charge in [-0.2, -0.15) is 0 Å². The molecule has 0 aliphatic rings. The van der Waals surface area contributed by atoms with Gasteiger partial charge in [0.2, 0.25) is 5.91 Å². The van der Waals surface area contributed by atoms with E-state index in [2.05, 4.69) is 10.5 Å². The molecule has 0 bridgehead atoms. The standard InChI is InChI=1S/C13H16N2O3S2/c1-17-5-4-14-13(16)9-19-8-10-7-11(18-15-10)12-3-2-6-20-12/h2-3,6-7H,4-5,8-9H2,1H3,(H,14,16). The van der Waals surface area contributed by atoms with Crippen LogP contribution in [0.4, 0.5) is 0 Å². The summed E-state index contributed by atoms with van der Waals surface area (Å²) >= 11 is 3.12. The van der Waals surface area contributed by atoms with Crippen molar-refractivity contribution in [1.82, 2.24) is 10.5 Å². The minimum atomic E-state index is 0.00836. The van der Waals surface area contributed by atoms with E-state index in [9.17, 15) is 4.79 Å². The number of hydrogen-bond acceptors (Lipinski definition) is 6. The predicted molar refractivity (Wildman–Crippen MR) is 80.9 cm³/mol. The highest BCUT2D eigenvalue weighted by molar-refractivity contribution is 7.99. The van der Waals surface area contributed by atoms with Crippen LogP contribution in [-0.4, -0.2) is 37.1 Å². The molecule has 0 atom stereocenters. The Bertz CT molecular complexity index is 525. The maximum absolute atomic E-state index is 11.5. The molecule has 7 heteroatoms. The van der Waals surface area contributed by atoms with Crippen molar-refractivity contribution in [2.75, 3.05) is 26.0 Å². The third kappa shape index (κ3) is 4.66. The van der Waals surface area contributed by atoms with Crippen molar-refractivity contribution in [2.24, 2.45) is 0 Å². The summed E-state index contributed by atoms with van der Waals surface area (Å²) in [6.45, 7) is 1.08. The van der Waals surface area contributed by atoms with Crippen LogP contribution in [0, 0.1) is 0 Å². The fourth-order valence-electron chi connectivity index (χ4n) is 1.51. The summed E-state index contributed by atoms with van der Waals surface area (Å²) in [5.74, 6) is 1.85. The van der Waals surface area contributed by atoms with E-state index in [1.807, 2.05) is 23.6 Å². The average molecular weight is 312 g/mol. The van der Waals surface area contributed by atoms with Crippen molar-refractivity contribution in [3.8, 4) is 10.6 Å². The SMILES string of the molecule is COCCNC(=O)CSCc1cc(-c2cccs2)on1. The molecule has 2 rings (SSSR count). The summed E-state index contributed by atoms with van der Waals surface area (Å²) < 4.78 is 10.1. The number of amides is 1. The maximum atomic E-state index is 11.5. The molecule has 0 radical (unpaired) electrons.